The van der Waals surface area contributed by atoms with Crippen LogP contribution < -0.4 is 4.74 Å². The number of halogens is 1. The molecule has 98 valence electrons. The van der Waals surface area contributed by atoms with Crippen molar-refractivity contribution in [3.63, 3.8) is 0 Å². The van der Waals surface area contributed by atoms with Crippen LogP contribution in [0, 0.1) is 0 Å². The molecule has 0 amide bonds. The van der Waals surface area contributed by atoms with Gasteiger partial charge in [-0.05, 0) is 32.0 Å². The number of rotatable bonds is 5. The molecule has 0 heterocycles. The number of Topliss-reactive ketones (excluding diaryl/α,β-unsaturated/α-hetero) is 1. The summed E-state index contributed by atoms with van der Waals surface area (Å²) < 4.78 is 9.98. The minimum Gasteiger partial charge on any atom is -0.497 e. The molecule has 0 saturated heterocycles. The van der Waals surface area contributed by atoms with Crippen molar-refractivity contribution in [2.75, 3.05) is 13.7 Å². The summed E-state index contributed by atoms with van der Waals surface area (Å²) in [6.45, 7) is 3.74. The summed E-state index contributed by atoms with van der Waals surface area (Å²) in [5.41, 5.74) is 0.731. The highest BCUT2D eigenvalue weighted by atomic mass is 79.9. The summed E-state index contributed by atoms with van der Waals surface area (Å²) >= 11 is 3.21. The Morgan fingerprint density at radius 2 is 1.89 bits per heavy atom. The zero-order chi connectivity index (χ0) is 13.7. The Kier molecular flexibility index (Phi) is 5.34. The Morgan fingerprint density at radius 1 is 1.28 bits per heavy atom. The molecule has 1 unspecified atom stereocenters. The van der Waals surface area contributed by atoms with E-state index in [1.54, 1.807) is 26.0 Å². The number of ether oxygens (including phenoxy) is 2. The van der Waals surface area contributed by atoms with E-state index in [9.17, 15) is 9.59 Å². The molecule has 1 rings (SSSR count). The van der Waals surface area contributed by atoms with E-state index in [1.165, 1.54) is 13.2 Å². The minimum absolute atomic E-state index is 0.112. The average molecular weight is 315 g/mol. The fraction of sp³-hybridized carbons (Fsp3) is 0.385. The van der Waals surface area contributed by atoms with Gasteiger partial charge < -0.3 is 9.47 Å². The lowest BCUT2D eigenvalue weighted by molar-refractivity contribution is 0.0526. The van der Waals surface area contributed by atoms with E-state index in [-0.39, 0.29) is 17.2 Å². The van der Waals surface area contributed by atoms with Crippen LogP contribution in [-0.2, 0) is 4.74 Å². The van der Waals surface area contributed by atoms with Gasteiger partial charge in [-0.25, -0.2) is 4.79 Å². The van der Waals surface area contributed by atoms with Gasteiger partial charge in [-0.2, -0.15) is 0 Å². The first-order valence-electron chi connectivity index (χ1n) is 5.54. The Bertz CT molecular complexity index is 454. The maximum atomic E-state index is 11.9. The maximum Gasteiger partial charge on any atom is 0.338 e. The quantitative estimate of drug-likeness (QED) is 0.476. The van der Waals surface area contributed by atoms with E-state index in [0.29, 0.717) is 16.9 Å². The third-order valence-electron chi connectivity index (χ3n) is 2.30. The van der Waals surface area contributed by atoms with Crippen molar-refractivity contribution < 1.29 is 19.1 Å². The van der Waals surface area contributed by atoms with Gasteiger partial charge in [0.2, 0.25) is 0 Å². The average Bonchev–Trinajstić information content (AvgIpc) is 2.37. The second-order valence-corrected chi connectivity index (χ2v) is 5.02. The van der Waals surface area contributed by atoms with Crippen LogP contribution >= 0.6 is 15.9 Å². The van der Waals surface area contributed by atoms with Gasteiger partial charge in [0.05, 0.1) is 24.1 Å². The third-order valence-corrected chi connectivity index (χ3v) is 2.71. The number of methoxy groups -OCH3 is 1. The van der Waals surface area contributed by atoms with Crippen LogP contribution in [0.1, 0.15) is 34.6 Å². The molecule has 0 aliphatic heterocycles. The lowest BCUT2D eigenvalue weighted by atomic mass is 10.0. The molecule has 0 aliphatic rings. The van der Waals surface area contributed by atoms with Crippen LogP contribution in [0.3, 0.4) is 0 Å². The molecule has 0 aliphatic carbocycles. The van der Waals surface area contributed by atoms with E-state index in [4.69, 9.17) is 9.47 Å². The van der Waals surface area contributed by atoms with Crippen molar-refractivity contribution in [2.45, 2.75) is 18.7 Å². The van der Waals surface area contributed by atoms with E-state index in [2.05, 4.69) is 15.9 Å². The van der Waals surface area contributed by atoms with Crippen molar-refractivity contribution in [1.29, 1.82) is 0 Å². The number of benzene rings is 1. The highest BCUT2D eigenvalue weighted by Crippen LogP contribution is 2.20. The van der Waals surface area contributed by atoms with Gasteiger partial charge in [0, 0.05) is 5.56 Å². The standard InChI is InChI=1S/C13H15BrO4/c1-4-18-13(16)10-5-9(12(15)8(2)14)6-11(7-10)17-3/h5-8H,4H2,1-3H3. The molecular weight excluding hydrogens is 300 g/mol. The van der Waals surface area contributed by atoms with E-state index in [0.717, 1.165) is 0 Å². The second kappa shape index (κ2) is 6.54. The van der Waals surface area contributed by atoms with Crippen LogP contribution in [0.2, 0.25) is 0 Å². The number of ketones is 1. The minimum atomic E-state index is -0.465. The van der Waals surface area contributed by atoms with Gasteiger partial charge in [0.1, 0.15) is 5.75 Å². The molecule has 0 spiro atoms. The number of alkyl halides is 1. The van der Waals surface area contributed by atoms with Crippen molar-refractivity contribution in [3.05, 3.63) is 29.3 Å². The van der Waals surface area contributed by atoms with Crippen molar-refractivity contribution in [2.24, 2.45) is 0 Å². The molecule has 0 fully saturated rings. The monoisotopic (exact) mass is 314 g/mol. The lowest BCUT2D eigenvalue weighted by Crippen LogP contribution is -2.12. The fourth-order valence-electron chi connectivity index (χ4n) is 1.42. The maximum absolute atomic E-state index is 11.9. The van der Waals surface area contributed by atoms with Crippen molar-refractivity contribution in [3.8, 4) is 5.75 Å². The summed E-state index contributed by atoms with van der Waals surface area (Å²) in [4.78, 5) is 23.2. The molecule has 4 nitrogen and oxygen atoms in total. The highest BCUT2D eigenvalue weighted by Gasteiger charge is 2.17. The predicted molar refractivity (Wildman–Crippen MR) is 71.7 cm³/mol. The van der Waals surface area contributed by atoms with Crippen molar-refractivity contribution >= 4 is 27.7 Å². The Hall–Kier alpha value is -1.36. The van der Waals surface area contributed by atoms with Crippen LogP contribution in [0.15, 0.2) is 18.2 Å². The molecular formula is C13H15BrO4. The molecule has 0 saturated carbocycles. The van der Waals surface area contributed by atoms with E-state index in [1.807, 2.05) is 0 Å². The molecule has 5 heteroatoms. The van der Waals surface area contributed by atoms with Crippen molar-refractivity contribution in [1.82, 2.24) is 0 Å². The molecule has 1 atom stereocenters. The lowest BCUT2D eigenvalue weighted by Gasteiger charge is -2.09. The Morgan fingerprint density at radius 3 is 2.39 bits per heavy atom. The van der Waals surface area contributed by atoms with Gasteiger partial charge in [0.25, 0.3) is 0 Å². The van der Waals surface area contributed by atoms with Gasteiger partial charge in [-0.3, -0.25) is 4.79 Å². The number of esters is 1. The first kappa shape index (κ1) is 14.7. The largest absolute Gasteiger partial charge is 0.497 e. The molecule has 18 heavy (non-hydrogen) atoms. The van der Waals surface area contributed by atoms with Crippen LogP contribution in [0.4, 0.5) is 0 Å². The van der Waals surface area contributed by atoms with Crippen LogP contribution in [0.5, 0.6) is 5.75 Å². The van der Waals surface area contributed by atoms with Crippen LogP contribution in [-0.4, -0.2) is 30.3 Å². The Balaban J connectivity index is 3.17. The zero-order valence-corrected chi connectivity index (χ0v) is 12.1. The summed E-state index contributed by atoms with van der Waals surface area (Å²) in [5.74, 6) is -0.121. The smallest absolute Gasteiger partial charge is 0.338 e. The predicted octanol–water partition coefficient (Wildman–Crippen LogP) is 2.84. The van der Waals surface area contributed by atoms with E-state index < -0.39 is 5.97 Å². The fourth-order valence-corrected chi connectivity index (χ4v) is 1.69. The molecule has 0 aromatic heterocycles. The summed E-state index contributed by atoms with van der Waals surface area (Å²) in [6.07, 6.45) is 0. The van der Waals surface area contributed by atoms with Crippen LogP contribution in [0.25, 0.3) is 0 Å². The molecule has 0 bridgehead atoms. The number of hydrogen-bond acceptors (Lipinski definition) is 4. The van der Waals surface area contributed by atoms with E-state index >= 15 is 0 Å². The summed E-state index contributed by atoms with van der Waals surface area (Å²) in [6, 6.07) is 4.66. The number of hydrogen-bond donors (Lipinski definition) is 0. The SMILES string of the molecule is CCOC(=O)c1cc(OC)cc(C(=O)C(C)Br)c1. The second-order valence-electron chi connectivity index (χ2n) is 3.65. The zero-order valence-electron chi connectivity index (χ0n) is 10.5. The summed E-state index contributed by atoms with van der Waals surface area (Å²) in [7, 11) is 1.48. The third kappa shape index (κ3) is 3.57. The number of carbonyl (C=O) groups excluding carboxylic acids is 2. The topological polar surface area (TPSA) is 52.6 Å². The molecule has 1 aromatic carbocycles. The summed E-state index contributed by atoms with van der Waals surface area (Å²) in [5, 5.41) is 0. The highest BCUT2D eigenvalue weighted by molar-refractivity contribution is 9.10. The van der Waals surface area contributed by atoms with Gasteiger partial charge in [-0.1, -0.05) is 15.9 Å². The van der Waals surface area contributed by atoms with Gasteiger partial charge in [-0.15, -0.1) is 0 Å². The van der Waals surface area contributed by atoms with Gasteiger partial charge >= 0.3 is 5.97 Å². The Labute approximate surface area is 114 Å². The first-order chi connectivity index (χ1) is 8.49. The number of carbonyl (C=O) groups is 2. The van der Waals surface area contributed by atoms with Gasteiger partial charge in [0.15, 0.2) is 5.78 Å². The molecule has 0 radical (unpaired) electrons. The molecule has 1 aromatic rings. The normalized spacial score (nSPS) is 11.8. The molecule has 0 N–H and O–H groups in total. The first-order valence-corrected chi connectivity index (χ1v) is 6.45.